The quantitative estimate of drug-likeness (QED) is 0.508. The number of halogens is 4. The van der Waals surface area contributed by atoms with Gasteiger partial charge in [-0.15, -0.1) is 0 Å². The molecule has 0 amide bonds. The maximum Gasteiger partial charge on any atom is 0.416 e. The molecule has 1 atom stereocenters. The Bertz CT molecular complexity index is 354. The molecular weight excluding hydrogens is 200 g/mol. The van der Waals surface area contributed by atoms with Crippen LogP contribution >= 0.6 is 0 Å². The van der Waals surface area contributed by atoms with E-state index in [1.165, 1.54) is 0 Å². The molecule has 0 N–H and O–H groups in total. The van der Waals surface area contributed by atoms with Crippen LogP contribution in [0, 0.1) is 5.82 Å². The van der Waals surface area contributed by atoms with Gasteiger partial charge in [-0.1, -0.05) is 6.07 Å². The molecule has 1 saturated heterocycles. The van der Waals surface area contributed by atoms with Crippen molar-refractivity contribution < 1.29 is 22.3 Å². The lowest BCUT2D eigenvalue weighted by atomic mass is 10.0. The molecule has 1 heterocycles. The Morgan fingerprint density at radius 3 is 2.43 bits per heavy atom. The highest BCUT2D eigenvalue weighted by molar-refractivity contribution is 5.33. The molecule has 0 unspecified atom stereocenters. The van der Waals surface area contributed by atoms with E-state index >= 15 is 0 Å². The van der Waals surface area contributed by atoms with Crippen molar-refractivity contribution in [1.29, 1.82) is 0 Å². The summed E-state index contributed by atoms with van der Waals surface area (Å²) >= 11 is 0. The average molecular weight is 206 g/mol. The smallest absolute Gasteiger partial charge is 0.368 e. The zero-order chi connectivity index (χ0) is 10.3. The van der Waals surface area contributed by atoms with E-state index in [1.54, 1.807) is 0 Å². The van der Waals surface area contributed by atoms with E-state index in [-0.39, 0.29) is 12.2 Å². The predicted octanol–water partition coefficient (Wildman–Crippen LogP) is 2.92. The minimum absolute atomic E-state index is 0.0129. The molecule has 1 aliphatic heterocycles. The standard InChI is InChI=1S/C9H6F4O/c10-5-1-2-6(8-4-14-8)7(3-5)9(11,12)13/h1-3,8H,4H2/t8-/m0/s1. The first kappa shape index (κ1) is 9.45. The Labute approximate surface area is 77.3 Å². The van der Waals surface area contributed by atoms with Crippen molar-refractivity contribution in [2.75, 3.05) is 6.61 Å². The van der Waals surface area contributed by atoms with E-state index in [0.717, 1.165) is 12.1 Å². The third-order valence-corrected chi connectivity index (χ3v) is 2.00. The molecule has 0 spiro atoms. The van der Waals surface area contributed by atoms with Gasteiger partial charge in [0.1, 0.15) is 11.9 Å². The number of hydrogen-bond acceptors (Lipinski definition) is 1. The zero-order valence-electron chi connectivity index (χ0n) is 6.94. The molecule has 1 aromatic carbocycles. The van der Waals surface area contributed by atoms with E-state index in [9.17, 15) is 17.6 Å². The summed E-state index contributed by atoms with van der Waals surface area (Å²) in [5.74, 6) is -0.887. The second-order valence-corrected chi connectivity index (χ2v) is 3.05. The second kappa shape index (κ2) is 2.95. The Hall–Kier alpha value is -1.10. The number of alkyl halides is 3. The van der Waals surface area contributed by atoms with Crippen LogP contribution in [0.3, 0.4) is 0 Å². The summed E-state index contributed by atoms with van der Waals surface area (Å²) in [6, 6.07) is 2.62. The topological polar surface area (TPSA) is 12.5 Å². The summed E-state index contributed by atoms with van der Waals surface area (Å²) < 4.78 is 54.6. The van der Waals surface area contributed by atoms with Gasteiger partial charge in [0, 0.05) is 0 Å². The lowest BCUT2D eigenvalue weighted by Gasteiger charge is -2.10. The van der Waals surface area contributed by atoms with Crippen molar-refractivity contribution in [2.24, 2.45) is 0 Å². The summed E-state index contributed by atoms with van der Waals surface area (Å²) in [6.45, 7) is 0.273. The molecule has 0 aromatic heterocycles. The lowest BCUT2D eigenvalue weighted by Crippen LogP contribution is -2.09. The molecule has 0 bridgehead atoms. The molecule has 0 saturated carbocycles. The summed E-state index contributed by atoms with van der Waals surface area (Å²) in [7, 11) is 0. The molecule has 0 aliphatic carbocycles. The highest BCUT2D eigenvalue weighted by atomic mass is 19.4. The van der Waals surface area contributed by atoms with E-state index in [2.05, 4.69) is 0 Å². The molecule has 1 aromatic rings. The molecular formula is C9H6F4O. The van der Waals surface area contributed by atoms with Crippen LogP contribution < -0.4 is 0 Å². The molecule has 14 heavy (non-hydrogen) atoms. The minimum atomic E-state index is -4.52. The summed E-state index contributed by atoms with van der Waals surface area (Å²) in [5.41, 5.74) is -0.932. The first-order valence-corrected chi connectivity index (χ1v) is 3.97. The summed E-state index contributed by atoms with van der Waals surface area (Å²) in [4.78, 5) is 0. The SMILES string of the molecule is Fc1ccc([C@@H]2CO2)c(C(F)(F)F)c1. The van der Waals surface area contributed by atoms with Crippen LogP contribution in [0.5, 0.6) is 0 Å². The Morgan fingerprint density at radius 2 is 1.93 bits per heavy atom. The van der Waals surface area contributed by atoms with Gasteiger partial charge in [-0.25, -0.2) is 4.39 Å². The van der Waals surface area contributed by atoms with Crippen LogP contribution in [0.2, 0.25) is 0 Å². The zero-order valence-corrected chi connectivity index (χ0v) is 6.94. The first-order valence-electron chi connectivity index (χ1n) is 3.97. The number of benzene rings is 1. The van der Waals surface area contributed by atoms with Crippen molar-refractivity contribution in [1.82, 2.24) is 0 Å². The van der Waals surface area contributed by atoms with Gasteiger partial charge < -0.3 is 4.74 Å². The van der Waals surface area contributed by atoms with E-state index in [4.69, 9.17) is 4.74 Å². The largest absolute Gasteiger partial charge is 0.416 e. The Balaban J connectivity index is 2.48. The third kappa shape index (κ3) is 1.72. The van der Waals surface area contributed by atoms with Crippen LogP contribution in [0.1, 0.15) is 17.2 Å². The third-order valence-electron chi connectivity index (χ3n) is 2.00. The number of epoxide rings is 1. The number of rotatable bonds is 1. The average Bonchev–Trinajstić information content (AvgIpc) is 2.85. The Morgan fingerprint density at radius 1 is 1.29 bits per heavy atom. The maximum absolute atomic E-state index is 12.6. The fourth-order valence-electron chi connectivity index (χ4n) is 1.28. The van der Waals surface area contributed by atoms with E-state index in [1.807, 2.05) is 0 Å². The molecule has 0 radical (unpaired) electrons. The first-order chi connectivity index (χ1) is 6.48. The van der Waals surface area contributed by atoms with Crippen LogP contribution in [0.15, 0.2) is 18.2 Å². The van der Waals surface area contributed by atoms with Crippen LogP contribution in [0.4, 0.5) is 17.6 Å². The number of hydrogen-bond donors (Lipinski definition) is 0. The molecule has 1 aliphatic rings. The highest BCUT2D eigenvalue weighted by Crippen LogP contribution is 2.40. The number of ether oxygens (including phenoxy) is 1. The predicted molar refractivity (Wildman–Crippen MR) is 40.1 cm³/mol. The fraction of sp³-hybridized carbons (Fsp3) is 0.333. The molecule has 5 heteroatoms. The monoisotopic (exact) mass is 206 g/mol. The maximum atomic E-state index is 12.6. The van der Waals surface area contributed by atoms with Gasteiger partial charge in [0.25, 0.3) is 0 Å². The van der Waals surface area contributed by atoms with Crippen LogP contribution in [0.25, 0.3) is 0 Å². The molecule has 1 fully saturated rings. The molecule has 1 nitrogen and oxygen atoms in total. The van der Waals surface area contributed by atoms with Gasteiger partial charge in [-0.3, -0.25) is 0 Å². The van der Waals surface area contributed by atoms with Crippen LogP contribution in [-0.4, -0.2) is 6.61 Å². The van der Waals surface area contributed by atoms with E-state index in [0.29, 0.717) is 6.07 Å². The van der Waals surface area contributed by atoms with Gasteiger partial charge in [-0.05, 0) is 17.7 Å². The van der Waals surface area contributed by atoms with Gasteiger partial charge in [0.15, 0.2) is 0 Å². The van der Waals surface area contributed by atoms with Crippen molar-refractivity contribution in [3.05, 3.63) is 35.1 Å². The second-order valence-electron chi connectivity index (χ2n) is 3.05. The van der Waals surface area contributed by atoms with Crippen LogP contribution in [-0.2, 0) is 10.9 Å². The van der Waals surface area contributed by atoms with E-state index < -0.39 is 23.7 Å². The van der Waals surface area contributed by atoms with Crippen molar-refractivity contribution in [2.45, 2.75) is 12.3 Å². The normalized spacial score (nSPS) is 21.0. The summed E-state index contributed by atoms with van der Waals surface area (Å²) in [6.07, 6.45) is -5.05. The van der Waals surface area contributed by atoms with Crippen molar-refractivity contribution >= 4 is 0 Å². The Kier molecular flexibility index (Phi) is 1.99. The van der Waals surface area contributed by atoms with Crippen molar-refractivity contribution in [3.63, 3.8) is 0 Å². The molecule has 2 rings (SSSR count). The van der Waals surface area contributed by atoms with Gasteiger partial charge in [0.05, 0.1) is 12.2 Å². The van der Waals surface area contributed by atoms with Gasteiger partial charge in [0.2, 0.25) is 0 Å². The highest BCUT2D eigenvalue weighted by Gasteiger charge is 2.39. The minimum Gasteiger partial charge on any atom is -0.368 e. The molecule has 76 valence electrons. The van der Waals surface area contributed by atoms with Crippen molar-refractivity contribution in [3.8, 4) is 0 Å². The van der Waals surface area contributed by atoms with Gasteiger partial charge in [-0.2, -0.15) is 13.2 Å². The van der Waals surface area contributed by atoms with Gasteiger partial charge >= 0.3 is 6.18 Å². The summed E-state index contributed by atoms with van der Waals surface area (Å²) in [5, 5.41) is 0. The lowest BCUT2D eigenvalue weighted by molar-refractivity contribution is -0.138. The fourth-order valence-corrected chi connectivity index (χ4v) is 1.28.